The minimum absolute atomic E-state index is 0.117. The molecular formula is C24H22BrN7O. The van der Waals surface area contributed by atoms with Crippen LogP contribution in [0, 0.1) is 0 Å². The molecule has 1 aromatic carbocycles. The SMILES string of the molecule is CC(=O)N1CCN(c2ccc(-c3cc(-c4cccc(Br)c4)c4c(N)ncnc4n3)cn2)CC1. The zero-order valence-electron chi connectivity index (χ0n) is 18.1. The van der Waals surface area contributed by atoms with Crippen LogP contribution in [0.1, 0.15) is 6.92 Å². The number of fused-ring (bicyclic) bond motifs is 1. The molecular weight excluding hydrogens is 482 g/mol. The fraction of sp³-hybridized carbons (Fsp3) is 0.208. The molecule has 0 aliphatic carbocycles. The van der Waals surface area contributed by atoms with E-state index in [2.05, 4.69) is 35.8 Å². The lowest BCUT2D eigenvalue weighted by Crippen LogP contribution is -2.48. The van der Waals surface area contributed by atoms with Gasteiger partial charge in [0.2, 0.25) is 5.91 Å². The van der Waals surface area contributed by atoms with Crippen molar-refractivity contribution in [2.75, 3.05) is 36.8 Å². The van der Waals surface area contributed by atoms with Crippen molar-refractivity contribution in [2.24, 2.45) is 0 Å². The van der Waals surface area contributed by atoms with Gasteiger partial charge in [-0.3, -0.25) is 4.79 Å². The molecule has 3 aromatic heterocycles. The summed E-state index contributed by atoms with van der Waals surface area (Å²) in [6.45, 7) is 4.57. The summed E-state index contributed by atoms with van der Waals surface area (Å²) in [6, 6.07) is 14.0. The van der Waals surface area contributed by atoms with Crippen LogP contribution in [0.3, 0.4) is 0 Å². The number of halogens is 1. The fourth-order valence-corrected chi connectivity index (χ4v) is 4.49. The average Bonchev–Trinajstić information content (AvgIpc) is 2.84. The second-order valence-corrected chi connectivity index (χ2v) is 8.84. The van der Waals surface area contributed by atoms with Crippen molar-refractivity contribution in [3.63, 3.8) is 0 Å². The van der Waals surface area contributed by atoms with Gasteiger partial charge in [0.05, 0.1) is 11.1 Å². The normalized spacial score (nSPS) is 14.0. The summed E-state index contributed by atoms with van der Waals surface area (Å²) in [5.74, 6) is 1.40. The van der Waals surface area contributed by atoms with Crippen LogP contribution in [0.25, 0.3) is 33.4 Å². The van der Waals surface area contributed by atoms with Crippen LogP contribution < -0.4 is 10.6 Å². The Morgan fingerprint density at radius 2 is 1.82 bits per heavy atom. The van der Waals surface area contributed by atoms with E-state index in [0.717, 1.165) is 51.2 Å². The quantitative estimate of drug-likeness (QED) is 0.453. The van der Waals surface area contributed by atoms with Gasteiger partial charge in [0.1, 0.15) is 18.0 Å². The standard InChI is InChI=1S/C24H22BrN7O/c1-15(33)31-7-9-32(10-8-31)21-6-5-17(13-27-21)20-12-19(16-3-2-4-18(25)11-16)22-23(26)28-14-29-24(22)30-20/h2-6,11-14H,7-10H2,1H3,(H2,26,28,29,30). The number of benzene rings is 1. The first-order valence-electron chi connectivity index (χ1n) is 10.6. The number of carbonyl (C=O) groups excluding carboxylic acids is 1. The molecule has 0 bridgehead atoms. The number of rotatable bonds is 3. The zero-order valence-corrected chi connectivity index (χ0v) is 19.7. The highest BCUT2D eigenvalue weighted by Crippen LogP contribution is 2.34. The molecule has 0 atom stereocenters. The maximum Gasteiger partial charge on any atom is 0.219 e. The summed E-state index contributed by atoms with van der Waals surface area (Å²) >= 11 is 3.55. The van der Waals surface area contributed by atoms with E-state index in [-0.39, 0.29) is 5.91 Å². The number of nitrogen functional groups attached to an aromatic ring is 1. The van der Waals surface area contributed by atoms with Crippen molar-refractivity contribution < 1.29 is 4.79 Å². The summed E-state index contributed by atoms with van der Waals surface area (Å²) in [5, 5.41) is 0.729. The van der Waals surface area contributed by atoms with Crippen LogP contribution in [-0.2, 0) is 4.79 Å². The van der Waals surface area contributed by atoms with E-state index in [0.29, 0.717) is 24.6 Å². The first-order valence-corrected chi connectivity index (χ1v) is 11.4. The number of pyridine rings is 2. The molecule has 0 spiro atoms. The molecule has 4 heterocycles. The number of nitrogens with zero attached hydrogens (tertiary/aromatic N) is 6. The van der Waals surface area contributed by atoms with Crippen LogP contribution in [0.5, 0.6) is 0 Å². The van der Waals surface area contributed by atoms with E-state index in [1.54, 1.807) is 6.92 Å². The molecule has 1 aliphatic heterocycles. The minimum atomic E-state index is 0.117. The third kappa shape index (κ3) is 4.23. The molecule has 4 aromatic rings. The predicted octanol–water partition coefficient (Wildman–Crippen LogP) is 3.77. The third-order valence-corrected chi connectivity index (χ3v) is 6.35. The number of piperazine rings is 1. The van der Waals surface area contributed by atoms with Crippen molar-refractivity contribution >= 4 is 44.5 Å². The summed E-state index contributed by atoms with van der Waals surface area (Å²) in [5.41, 5.74) is 10.3. The number of anilines is 2. The van der Waals surface area contributed by atoms with Gasteiger partial charge in [-0.05, 0) is 41.5 Å². The van der Waals surface area contributed by atoms with Crippen molar-refractivity contribution in [3.05, 3.63) is 59.5 Å². The Bertz CT molecular complexity index is 1330. The number of hydrogen-bond donors (Lipinski definition) is 1. The highest BCUT2D eigenvalue weighted by molar-refractivity contribution is 9.10. The second kappa shape index (κ2) is 8.74. The Morgan fingerprint density at radius 1 is 1.00 bits per heavy atom. The second-order valence-electron chi connectivity index (χ2n) is 7.92. The molecule has 0 saturated carbocycles. The number of hydrogen-bond acceptors (Lipinski definition) is 7. The summed E-state index contributed by atoms with van der Waals surface area (Å²) < 4.78 is 0.970. The lowest BCUT2D eigenvalue weighted by Gasteiger charge is -2.34. The maximum absolute atomic E-state index is 11.6. The minimum Gasteiger partial charge on any atom is -0.383 e. The molecule has 9 heteroatoms. The van der Waals surface area contributed by atoms with Gasteiger partial charge in [-0.15, -0.1) is 0 Å². The lowest BCUT2D eigenvalue weighted by molar-refractivity contribution is -0.129. The summed E-state index contributed by atoms with van der Waals surface area (Å²) in [6.07, 6.45) is 3.26. The van der Waals surface area contributed by atoms with Crippen molar-refractivity contribution in [3.8, 4) is 22.4 Å². The molecule has 0 unspecified atom stereocenters. The molecule has 1 saturated heterocycles. The Kier molecular flexibility index (Phi) is 5.63. The van der Waals surface area contributed by atoms with Gasteiger partial charge in [-0.1, -0.05) is 28.1 Å². The van der Waals surface area contributed by atoms with Gasteiger partial charge in [0.25, 0.3) is 0 Å². The number of carbonyl (C=O) groups is 1. The smallest absolute Gasteiger partial charge is 0.219 e. The monoisotopic (exact) mass is 503 g/mol. The van der Waals surface area contributed by atoms with Gasteiger partial charge in [-0.25, -0.2) is 19.9 Å². The molecule has 1 amide bonds. The van der Waals surface area contributed by atoms with Crippen LogP contribution >= 0.6 is 15.9 Å². The lowest BCUT2D eigenvalue weighted by atomic mass is 10.0. The Labute approximate surface area is 199 Å². The molecule has 2 N–H and O–H groups in total. The van der Waals surface area contributed by atoms with E-state index >= 15 is 0 Å². The molecule has 33 heavy (non-hydrogen) atoms. The van der Waals surface area contributed by atoms with Crippen LogP contribution in [-0.4, -0.2) is 56.9 Å². The Hall–Kier alpha value is -3.59. The molecule has 5 rings (SSSR count). The van der Waals surface area contributed by atoms with Crippen LogP contribution in [0.15, 0.2) is 59.5 Å². The van der Waals surface area contributed by atoms with E-state index < -0.39 is 0 Å². The largest absolute Gasteiger partial charge is 0.383 e. The van der Waals surface area contributed by atoms with Gasteiger partial charge in [-0.2, -0.15) is 0 Å². The summed E-state index contributed by atoms with van der Waals surface area (Å²) in [7, 11) is 0. The van der Waals surface area contributed by atoms with E-state index in [9.17, 15) is 4.79 Å². The first kappa shape index (κ1) is 21.3. The molecule has 1 aliphatic rings. The third-order valence-electron chi connectivity index (χ3n) is 5.86. The average molecular weight is 504 g/mol. The van der Waals surface area contributed by atoms with Crippen LogP contribution in [0.2, 0.25) is 0 Å². The topological polar surface area (TPSA) is 101 Å². The highest BCUT2D eigenvalue weighted by Gasteiger charge is 2.20. The van der Waals surface area contributed by atoms with E-state index in [4.69, 9.17) is 10.7 Å². The van der Waals surface area contributed by atoms with E-state index in [1.807, 2.05) is 53.6 Å². The highest BCUT2D eigenvalue weighted by atomic mass is 79.9. The molecule has 8 nitrogen and oxygen atoms in total. The Morgan fingerprint density at radius 3 is 2.52 bits per heavy atom. The van der Waals surface area contributed by atoms with Gasteiger partial charge < -0.3 is 15.5 Å². The van der Waals surface area contributed by atoms with Crippen molar-refractivity contribution in [1.29, 1.82) is 0 Å². The van der Waals surface area contributed by atoms with Crippen molar-refractivity contribution in [1.82, 2.24) is 24.8 Å². The van der Waals surface area contributed by atoms with Gasteiger partial charge in [0.15, 0.2) is 5.65 Å². The summed E-state index contributed by atoms with van der Waals surface area (Å²) in [4.78, 5) is 33.6. The van der Waals surface area contributed by atoms with Gasteiger partial charge >= 0.3 is 0 Å². The zero-order chi connectivity index (χ0) is 22.9. The molecule has 1 fully saturated rings. The van der Waals surface area contributed by atoms with Crippen LogP contribution in [0.4, 0.5) is 11.6 Å². The number of aromatic nitrogens is 4. The molecule has 166 valence electrons. The van der Waals surface area contributed by atoms with Crippen molar-refractivity contribution in [2.45, 2.75) is 6.92 Å². The first-order chi connectivity index (χ1) is 16.0. The van der Waals surface area contributed by atoms with Gasteiger partial charge in [0, 0.05) is 49.3 Å². The Balaban J connectivity index is 1.51. The maximum atomic E-state index is 11.6. The number of amides is 1. The molecule has 0 radical (unpaired) electrons. The van der Waals surface area contributed by atoms with E-state index in [1.165, 1.54) is 6.33 Å². The number of nitrogens with two attached hydrogens (primary N) is 1. The fourth-order valence-electron chi connectivity index (χ4n) is 4.09. The predicted molar refractivity (Wildman–Crippen MR) is 133 cm³/mol.